The van der Waals surface area contributed by atoms with E-state index in [-0.39, 0.29) is 11.9 Å². The number of rotatable bonds is 8. The standard InChI is InChI=1S/C24H29N3O4/c1-5-16(4)25-22(28)20(6-2)27-21-11-9-8-10-19(21)23(29)26(24(27)30)17-12-14-18(15-13-17)31-7-3/h8-16,20H,5-7H2,1-4H3,(H,25,28)/t16-,20+/m1/s1. The second-order valence-electron chi connectivity index (χ2n) is 7.48. The number of para-hydroxylation sites is 1. The number of aromatic nitrogens is 2. The summed E-state index contributed by atoms with van der Waals surface area (Å²) in [6.07, 6.45) is 1.19. The van der Waals surface area contributed by atoms with Crippen LogP contribution in [0, 0.1) is 0 Å². The fourth-order valence-corrected chi connectivity index (χ4v) is 3.60. The van der Waals surface area contributed by atoms with Crippen LogP contribution in [0.2, 0.25) is 0 Å². The largest absolute Gasteiger partial charge is 0.494 e. The van der Waals surface area contributed by atoms with Crippen LogP contribution in [0.25, 0.3) is 16.6 Å². The zero-order valence-electron chi connectivity index (χ0n) is 18.4. The molecule has 2 aromatic carbocycles. The maximum Gasteiger partial charge on any atom is 0.336 e. The van der Waals surface area contributed by atoms with Gasteiger partial charge in [-0.05, 0) is 63.1 Å². The Balaban J connectivity index is 2.25. The Hall–Kier alpha value is -3.35. The Labute approximate surface area is 181 Å². The molecule has 1 heterocycles. The number of ether oxygens (including phenoxy) is 1. The molecule has 7 heteroatoms. The first-order valence-corrected chi connectivity index (χ1v) is 10.7. The Kier molecular flexibility index (Phi) is 6.95. The van der Waals surface area contributed by atoms with Gasteiger partial charge in [0.2, 0.25) is 5.91 Å². The van der Waals surface area contributed by atoms with Crippen LogP contribution < -0.4 is 21.3 Å². The number of amides is 1. The number of nitrogens with one attached hydrogen (secondary N) is 1. The first-order valence-electron chi connectivity index (χ1n) is 10.7. The SMILES string of the molecule is CCOc1ccc(-n2c(=O)c3ccccc3n([C@@H](CC)C(=O)N[C@H](C)CC)c2=O)cc1. The quantitative estimate of drug-likeness (QED) is 0.602. The molecule has 0 saturated carbocycles. The van der Waals surface area contributed by atoms with Gasteiger partial charge in [0.25, 0.3) is 5.56 Å². The first kappa shape index (κ1) is 22.3. The molecule has 7 nitrogen and oxygen atoms in total. The molecule has 0 aliphatic heterocycles. The van der Waals surface area contributed by atoms with Crippen molar-refractivity contribution >= 4 is 16.8 Å². The highest BCUT2D eigenvalue weighted by Crippen LogP contribution is 2.19. The van der Waals surface area contributed by atoms with Gasteiger partial charge in [-0.3, -0.25) is 14.2 Å². The average Bonchev–Trinajstić information content (AvgIpc) is 2.77. The highest BCUT2D eigenvalue weighted by Gasteiger charge is 2.25. The van der Waals surface area contributed by atoms with Crippen molar-refractivity contribution in [1.29, 1.82) is 0 Å². The molecule has 1 N–H and O–H groups in total. The van der Waals surface area contributed by atoms with Gasteiger partial charge in [-0.15, -0.1) is 0 Å². The number of hydrogen-bond acceptors (Lipinski definition) is 4. The lowest BCUT2D eigenvalue weighted by Gasteiger charge is -2.23. The molecule has 164 valence electrons. The van der Waals surface area contributed by atoms with E-state index in [0.29, 0.717) is 35.4 Å². The second kappa shape index (κ2) is 9.64. The van der Waals surface area contributed by atoms with Crippen molar-refractivity contribution in [3.8, 4) is 11.4 Å². The lowest BCUT2D eigenvalue weighted by atomic mass is 10.1. The van der Waals surface area contributed by atoms with Crippen LogP contribution in [0.4, 0.5) is 0 Å². The van der Waals surface area contributed by atoms with E-state index in [1.807, 2.05) is 27.7 Å². The van der Waals surface area contributed by atoms with Crippen molar-refractivity contribution in [2.24, 2.45) is 0 Å². The second-order valence-corrected chi connectivity index (χ2v) is 7.48. The van der Waals surface area contributed by atoms with E-state index in [2.05, 4.69) is 5.32 Å². The van der Waals surface area contributed by atoms with Crippen molar-refractivity contribution in [3.05, 3.63) is 69.4 Å². The summed E-state index contributed by atoms with van der Waals surface area (Å²) in [4.78, 5) is 39.8. The lowest BCUT2D eigenvalue weighted by Crippen LogP contribution is -2.45. The van der Waals surface area contributed by atoms with Gasteiger partial charge in [0.1, 0.15) is 11.8 Å². The molecule has 0 saturated heterocycles. The highest BCUT2D eigenvalue weighted by atomic mass is 16.5. The summed E-state index contributed by atoms with van der Waals surface area (Å²) >= 11 is 0. The number of fused-ring (bicyclic) bond motifs is 1. The van der Waals surface area contributed by atoms with Crippen LogP contribution in [-0.4, -0.2) is 27.7 Å². The fraction of sp³-hybridized carbons (Fsp3) is 0.375. The molecular weight excluding hydrogens is 394 g/mol. The van der Waals surface area contributed by atoms with Crippen LogP contribution in [0.5, 0.6) is 5.75 Å². The molecule has 3 rings (SSSR count). The normalized spacial score (nSPS) is 13.0. The van der Waals surface area contributed by atoms with Gasteiger partial charge in [-0.2, -0.15) is 0 Å². The first-order chi connectivity index (χ1) is 14.9. The molecule has 0 bridgehead atoms. The van der Waals surface area contributed by atoms with Gasteiger partial charge in [0.15, 0.2) is 0 Å². The van der Waals surface area contributed by atoms with E-state index in [1.165, 1.54) is 4.57 Å². The minimum absolute atomic E-state index is 0.0134. The van der Waals surface area contributed by atoms with Crippen molar-refractivity contribution in [3.63, 3.8) is 0 Å². The number of carbonyl (C=O) groups excluding carboxylic acids is 1. The Morgan fingerprint density at radius 1 is 1.00 bits per heavy atom. The van der Waals surface area contributed by atoms with E-state index in [4.69, 9.17) is 4.74 Å². The summed E-state index contributed by atoms with van der Waals surface area (Å²) in [5, 5.41) is 3.34. The van der Waals surface area contributed by atoms with Crippen LogP contribution in [-0.2, 0) is 4.79 Å². The Bertz CT molecular complexity index is 1180. The number of nitrogens with zero attached hydrogens (tertiary/aromatic N) is 2. The summed E-state index contributed by atoms with van der Waals surface area (Å²) < 4.78 is 8.02. The van der Waals surface area contributed by atoms with E-state index in [9.17, 15) is 14.4 Å². The third-order valence-corrected chi connectivity index (χ3v) is 5.40. The smallest absolute Gasteiger partial charge is 0.336 e. The zero-order chi connectivity index (χ0) is 22.5. The number of hydrogen-bond donors (Lipinski definition) is 1. The van der Waals surface area contributed by atoms with Crippen LogP contribution in [0.3, 0.4) is 0 Å². The fourth-order valence-electron chi connectivity index (χ4n) is 3.60. The third-order valence-electron chi connectivity index (χ3n) is 5.40. The Morgan fingerprint density at radius 2 is 1.68 bits per heavy atom. The molecule has 0 fully saturated rings. The van der Waals surface area contributed by atoms with Gasteiger partial charge in [-0.1, -0.05) is 26.0 Å². The molecule has 3 aromatic rings. The summed E-state index contributed by atoms with van der Waals surface area (Å²) in [6, 6.07) is 12.9. The lowest BCUT2D eigenvalue weighted by molar-refractivity contribution is -0.125. The van der Waals surface area contributed by atoms with Gasteiger partial charge < -0.3 is 10.1 Å². The molecule has 31 heavy (non-hydrogen) atoms. The average molecular weight is 424 g/mol. The van der Waals surface area contributed by atoms with Gasteiger partial charge in [-0.25, -0.2) is 9.36 Å². The van der Waals surface area contributed by atoms with E-state index in [0.717, 1.165) is 11.0 Å². The monoisotopic (exact) mass is 423 g/mol. The topological polar surface area (TPSA) is 82.3 Å². The number of carbonyl (C=O) groups is 1. The molecule has 2 atom stereocenters. The van der Waals surface area contributed by atoms with Crippen LogP contribution >= 0.6 is 0 Å². The van der Waals surface area contributed by atoms with Crippen molar-refractivity contribution in [2.75, 3.05) is 6.61 Å². The van der Waals surface area contributed by atoms with Crippen molar-refractivity contribution in [2.45, 2.75) is 52.6 Å². The molecule has 0 unspecified atom stereocenters. The predicted octanol–water partition coefficient (Wildman–Crippen LogP) is 3.42. The molecule has 0 aliphatic rings. The predicted molar refractivity (Wildman–Crippen MR) is 122 cm³/mol. The van der Waals surface area contributed by atoms with Gasteiger partial charge >= 0.3 is 5.69 Å². The minimum Gasteiger partial charge on any atom is -0.494 e. The summed E-state index contributed by atoms with van der Waals surface area (Å²) in [5.41, 5.74) is -0.0850. The summed E-state index contributed by atoms with van der Waals surface area (Å²) in [7, 11) is 0. The molecular formula is C24H29N3O4. The maximum atomic E-state index is 13.6. The van der Waals surface area contributed by atoms with Gasteiger partial charge in [0, 0.05) is 6.04 Å². The van der Waals surface area contributed by atoms with Crippen molar-refractivity contribution < 1.29 is 9.53 Å². The van der Waals surface area contributed by atoms with E-state index in [1.54, 1.807) is 48.5 Å². The van der Waals surface area contributed by atoms with Crippen LogP contribution in [0.1, 0.15) is 46.6 Å². The minimum atomic E-state index is -0.735. The maximum absolute atomic E-state index is 13.6. The Morgan fingerprint density at radius 3 is 2.29 bits per heavy atom. The molecule has 1 amide bonds. The zero-order valence-corrected chi connectivity index (χ0v) is 18.4. The third kappa shape index (κ3) is 4.40. The number of benzene rings is 2. The molecule has 1 aromatic heterocycles. The van der Waals surface area contributed by atoms with Crippen LogP contribution in [0.15, 0.2) is 58.1 Å². The highest BCUT2D eigenvalue weighted by molar-refractivity contribution is 5.84. The van der Waals surface area contributed by atoms with E-state index < -0.39 is 17.3 Å². The molecule has 0 aliphatic carbocycles. The van der Waals surface area contributed by atoms with E-state index >= 15 is 0 Å². The molecule has 0 radical (unpaired) electrons. The van der Waals surface area contributed by atoms with Crippen molar-refractivity contribution in [1.82, 2.24) is 14.5 Å². The molecule has 0 spiro atoms. The van der Waals surface area contributed by atoms with Gasteiger partial charge in [0.05, 0.1) is 23.2 Å². The summed E-state index contributed by atoms with van der Waals surface area (Å²) in [5.74, 6) is 0.417. The summed E-state index contributed by atoms with van der Waals surface area (Å²) in [6.45, 7) is 8.17.